The Balaban J connectivity index is 2.47. The van der Waals surface area contributed by atoms with Gasteiger partial charge in [0.15, 0.2) is 0 Å². The highest BCUT2D eigenvalue weighted by atomic mass is 16.1. The minimum atomic E-state index is 0.127. The van der Waals surface area contributed by atoms with Gasteiger partial charge in [-0.05, 0) is 52.1 Å². The van der Waals surface area contributed by atoms with E-state index in [0.29, 0.717) is 13.0 Å². The third-order valence-corrected chi connectivity index (χ3v) is 4.12. The van der Waals surface area contributed by atoms with Crippen molar-refractivity contribution in [3.05, 3.63) is 0 Å². The number of hydrogen-bond acceptors (Lipinski definition) is 3. The third kappa shape index (κ3) is 5.91. The van der Waals surface area contributed by atoms with Gasteiger partial charge in [-0.1, -0.05) is 13.3 Å². The van der Waals surface area contributed by atoms with Gasteiger partial charge in [0.2, 0.25) is 5.91 Å². The number of nitrogens with one attached hydrogen (secondary N) is 1. The molecule has 0 radical (unpaired) electrons. The first-order valence-electron chi connectivity index (χ1n) is 7.80. The minimum Gasteiger partial charge on any atom is -0.354 e. The molecule has 112 valence electrons. The van der Waals surface area contributed by atoms with Gasteiger partial charge in [-0.3, -0.25) is 9.69 Å². The first kappa shape index (κ1) is 16.4. The summed E-state index contributed by atoms with van der Waals surface area (Å²) in [6, 6.07) is 0.411. The van der Waals surface area contributed by atoms with Crippen LogP contribution in [-0.2, 0) is 4.79 Å². The average molecular weight is 269 g/mol. The molecule has 1 saturated heterocycles. The monoisotopic (exact) mass is 269 g/mol. The van der Waals surface area contributed by atoms with Crippen molar-refractivity contribution < 1.29 is 4.79 Å². The lowest BCUT2D eigenvalue weighted by molar-refractivity contribution is -0.122. The number of carbonyl (C=O) groups is 1. The molecular formula is C15H31N3O. The molecule has 1 heterocycles. The van der Waals surface area contributed by atoms with Gasteiger partial charge in [-0.2, -0.15) is 0 Å². The maximum absolute atomic E-state index is 11.9. The van der Waals surface area contributed by atoms with E-state index in [1.807, 2.05) is 13.8 Å². The van der Waals surface area contributed by atoms with Gasteiger partial charge in [0.1, 0.15) is 0 Å². The fourth-order valence-electron chi connectivity index (χ4n) is 2.92. The first-order chi connectivity index (χ1) is 9.06. The van der Waals surface area contributed by atoms with Crippen LogP contribution in [0.15, 0.2) is 0 Å². The highest BCUT2D eigenvalue weighted by Gasteiger charge is 2.23. The molecular weight excluding hydrogens is 238 g/mol. The van der Waals surface area contributed by atoms with Gasteiger partial charge in [0.05, 0.1) is 0 Å². The van der Waals surface area contributed by atoms with Gasteiger partial charge in [0.25, 0.3) is 0 Å². The minimum absolute atomic E-state index is 0.127. The van der Waals surface area contributed by atoms with Crippen molar-refractivity contribution in [2.24, 2.45) is 11.7 Å². The van der Waals surface area contributed by atoms with E-state index < -0.39 is 0 Å². The van der Waals surface area contributed by atoms with Crippen molar-refractivity contribution >= 4 is 5.91 Å². The second-order valence-electron chi connectivity index (χ2n) is 6.06. The normalized spacial score (nSPS) is 23.1. The molecule has 1 aliphatic heterocycles. The maximum atomic E-state index is 11.9. The summed E-state index contributed by atoms with van der Waals surface area (Å²) in [5, 5.41) is 2.96. The number of hydrogen-bond donors (Lipinski definition) is 2. The molecule has 0 aromatic rings. The number of rotatable bonds is 6. The molecule has 1 aliphatic rings. The highest BCUT2D eigenvalue weighted by molar-refractivity contribution is 5.76. The van der Waals surface area contributed by atoms with E-state index >= 15 is 0 Å². The molecule has 1 amide bonds. The Morgan fingerprint density at radius 3 is 2.68 bits per heavy atom. The Hall–Kier alpha value is -0.610. The van der Waals surface area contributed by atoms with E-state index in [1.54, 1.807) is 0 Å². The van der Waals surface area contributed by atoms with Crippen molar-refractivity contribution in [3.63, 3.8) is 0 Å². The van der Waals surface area contributed by atoms with Crippen LogP contribution in [0.3, 0.4) is 0 Å². The molecule has 0 saturated carbocycles. The summed E-state index contributed by atoms with van der Waals surface area (Å²) in [7, 11) is 0. The predicted octanol–water partition coefficient (Wildman–Crippen LogP) is 1.74. The Labute approximate surface area is 118 Å². The van der Waals surface area contributed by atoms with Crippen LogP contribution in [-0.4, -0.2) is 42.5 Å². The van der Waals surface area contributed by atoms with Gasteiger partial charge in [-0.25, -0.2) is 0 Å². The highest BCUT2D eigenvalue weighted by Crippen LogP contribution is 2.21. The zero-order chi connectivity index (χ0) is 14.3. The van der Waals surface area contributed by atoms with Crippen LogP contribution >= 0.6 is 0 Å². The lowest BCUT2D eigenvalue weighted by atomic mass is 9.98. The quantitative estimate of drug-likeness (QED) is 0.772. The molecule has 0 aromatic carbocycles. The summed E-state index contributed by atoms with van der Waals surface area (Å²) in [5.74, 6) is 0.981. The van der Waals surface area contributed by atoms with Gasteiger partial charge in [-0.15, -0.1) is 0 Å². The van der Waals surface area contributed by atoms with Crippen LogP contribution in [0.2, 0.25) is 0 Å². The fraction of sp³-hybridized carbons (Fsp3) is 0.933. The molecule has 0 bridgehead atoms. The first-order valence-corrected chi connectivity index (χ1v) is 7.80. The van der Waals surface area contributed by atoms with E-state index in [0.717, 1.165) is 19.0 Å². The summed E-state index contributed by atoms with van der Waals surface area (Å²) >= 11 is 0. The molecule has 4 heteroatoms. The van der Waals surface area contributed by atoms with Crippen LogP contribution in [0.1, 0.15) is 52.9 Å². The van der Waals surface area contributed by atoms with Crippen molar-refractivity contribution in [1.29, 1.82) is 0 Å². The standard InChI is InChI=1S/C15H31N3O/c1-4-13-6-5-8-18(9-7-13)14(11-16)10-15(19)17-12(2)3/h12-14H,4-11,16H2,1-3H3,(H,17,19). The Bertz CT molecular complexity index is 268. The van der Waals surface area contributed by atoms with Crippen molar-refractivity contribution in [3.8, 4) is 0 Å². The third-order valence-electron chi connectivity index (χ3n) is 4.12. The SMILES string of the molecule is CCC1CCCN(C(CN)CC(=O)NC(C)C)CC1. The van der Waals surface area contributed by atoms with E-state index in [4.69, 9.17) is 5.73 Å². The van der Waals surface area contributed by atoms with Gasteiger partial charge < -0.3 is 11.1 Å². The molecule has 2 unspecified atom stereocenters. The summed E-state index contributed by atoms with van der Waals surface area (Å²) < 4.78 is 0. The smallest absolute Gasteiger partial charge is 0.221 e. The predicted molar refractivity (Wildman–Crippen MR) is 79.9 cm³/mol. The van der Waals surface area contributed by atoms with Crippen LogP contribution in [0.5, 0.6) is 0 Å². The second-order valence-corrected chi connectivity index (χ2v) is 6.06. The summed E-state index contributed by atoms with van der Waals surface area (Å²) in [5.41, 5.74) is 5.88. The van der Waals surface area contributed by atoms with Crippen molar-refractivity contribution in [2.45, 2.75) is 65.0 Å². The zero-order valence-corrected chi connectivity index (χ0v) is 12.8. The maximum Gasteiger partial charge on any atom is 0.221 e. The Morgan fingerprint density at radius 2 is 2.11 bits per heavy atom. The molecule has 0 aromatic heterocycles. The van der Waals surface area contributed by atoms with E-state index in [9.17, 15) is 4.79 Å². The lowest BCUT2D eigenvalue weighted by Crippen LogP contribution is -2.45. The summed E-state index contributed by atoms with van der Waals surface area (Å²) in [6.07, 6.45) is 5.61. The topological polar surface area (TPSA) is 58.4 Å². The summed E-state index contributed by atoms with van der Waals surface area (Å²) in [6.45, 7) is 9.02. The lowest BCUT2D eigenvalue weighted by Gasteiger charge is -2.29. The van der Waals surface area contributed by atoms with Crippen LogP contribution in [0, 0.1) is 5.92 Å². The largest absolute Gasteiger partial charge is 0.354 e. The van der Waals surface area contributed by atoms with Crippen molar-refractivity contribution in [1.82, 2.24) is 10.2 Å². The van der Waals surface area contributed by atoms with E-state index in [1.165, 1.54) is 25.7 Å². The number of nitrogens with two attached hydrogens (primary N) is 1. The van der Waals surface area contributed by atoms with Crippen LogP contribution < -0.4 is 11.1 Å². The Morgan fingerprint density at radius 1 is 1.37 bits per heavy atom. The average Bonchev–Trinajstić information content (AvgIpc) is 2.60. The van der Waals surface area contributed by atoms with Crippen LogP contribution in [0.4, 0.5) is 0 Å². The van der Waals surface area contributed by atoms with Crippen LogP contribution in [0.25, 0.3) is 0 Å². The molecule has 0 spiro atoms. The summed E-state index contributed by atoms with van der Waals surface area (Å²) in [4.78, 5) is 14.3. The number of likely N-dealkylation sites (tertiary alicyclic amines) is 1. The Kier molecular flexibility index (Phi) is 7.39. The second kappa shape index (κ2) is 8.54. The van der Waals surface area contributed by atoms with Gasteiger partial charge >= 0.3 is 0 Å². The molecule has 1 fully saturated rings. The molecule has 1 rings (SSSR count). The molecule has 2 atom stereocenters. The molecule has 0 aliphatic carbocycles. The fourth-order valence-corrected chi connectivity index (χ4v) is 2.92. The number of amides is 1. The van der Waals surface area contributed by atoms with E-state index in [-0.39, 0.29) is 18.0 Å². The molecule has 19 heavy (non-hydrogen) atoms. The zero-order valence-electron chi connectivity index (χ0n) is 12.8. The van der Waals surface area contributed by atoms with E-state index in [2.05, 4.69) is 17.1 Å². The van der Waals surface area contributed by atoms with Gasteiger partial charge in [0, 0.05) is 25.0 Å². The number of carbonyl (C=O) groups excluding carboxylic acids is 1. The molecule has 3 N–H and O–H groups in total. The van der Waals surface area contributed by atoms with Crippen molar-refractivity contribution in [2.75, 3.05) is 19.6 Å². The number of nitrogens with zero attached hydrogens (tertiary/aromatic N) is 1. The molecule has 4 nitrogen and oxygen atoms in total.